The van der Waals surface area contributed by atoms with Crippen LogP contribution in [0.1, 0.15) is 33.6 Å². The van der Waals surface area contributed by atoms with Gasteiger partial charge in [-0.3, -0.25) is 4.79 Å². The maximum atomic E-state index is 11.4. The van der Waals surface area contributed by atoms with E-state index in [1.807, 2.05) is 0 Å². The molecule has 0 spiro atoms. The van der Waals surface area contributed by atoms with Crippen molar-refractivity contribution in [3.63, 3.8) is 0 Å². The van der Waals surface area contributed by atoms with Crippen LogP contribution in [0.2, 0.25) is 0 Å². The van der Waals surface area contributed by atoms with Crippen LogP contribution in [0.3, 0.4) is 0 Å². The molecule has 2 N–H and O–H groups in total. The van der Waals surface area contributed by atoms with E-state index in [1.165, 1.54) is 0 Å². The molecule has 0 unspecified atom stereocenters. The number of hydrogen-bond acceptors (Lipinski definition) is 3. The van der Waals surface area contributed by atoms with Gasteiger partial charge in [-0.25, -0.2) is 0 Å². The summed E-state index contributed by atoms with van der Waals surface area (Å²) in [6.45, 7) is 7.04. The molecule has 0 heterocycles. The smallest absolute Gasteiger partial charge is 0.230 e. The lowest BCUT2D eigenvalue weighted by molar-refractivity contribution is -0.119. The van der Waals surface area contributed by atoms with Crippen LogP contribution in [0.15, 0.2) is 0 Å². The van der Waals surface area contributed by atoms with Gasteiger partial charge in [-0.2, -0.15) is 0 Å². The number of carbonyl (C=O) groups is 1. The van der Waals surface area contributed by atoms with Crippen LogP contribution in [0, 0.1) is 5.92 Å². The molecule has 0 bridgehead atoms. The Morgan fingerprint density at radius 1 is 1.47 bits per heavy atom. The van der Waals surface area contributed by atoms with E-state index in [2.05, 4.69) is 26.1 Å². The predicted octanol–water partition coefficient (Wildman–Crippen LogP) is 1.41. The van der Waals surface area contributed by atoms with Gasteiger partial charge in [-0.1, -0.05) is 20.8 Å². The standard InChI is InChI=1S/C11H21NO2S/c1-11(2,3)15-7-10(14)12-6-8-4-9(13)5-8/h8-9,13H,4-7H2,1-3H3,(H,12,14). The minimum absolute atomic E-state index is 0.108. The minimum atomic E-state index is -0.129. The largest absolute Gasteiger partial charge is 0.393 e. The second-order valence-electron chi connectivity index (χ2n) is 5.20. The van der Waals surface area contributed by atoms with Crippen LogP contribution in [0.5, 0.6) is 0 Å². The lowest BCUT2D eigenvalue weighted by Gasteiger charge is -2.31. The molecule has 1 fully saturated rings. The molecular weight excluding hydrogens is 210 g/mol. The second-order valence-corrected chi connectivity index (χ2v) is 7.00. The van der Waals surface area contributed by atoms with Crippen molar-refractivity contribution in [1.29, 1.82) is 0 Å². The molecule has 0 aromatic rings. The second kappa shape index (κ2) is 5.21. The van der Waals surface area contributed by atoms with Gasteiger partial charge in [-0.15, -0.1) is 11.8 Å². The molecule has 0 aromatic heterocycles. The van der Waals surface area contributed by atoms with E-state index in [-0.39, 0.29) is 16.8 Å². The Bertz CT molecular complexity index is 219. The monoisotopic (exact) mass is 231 g/mol. The Hall–Kier alpha value is -0.220. The molecule has 0 atom stereocenters. The molecule has 0 saturated heterocycles. The Morgan fingerprint density at radius 2 is 2.07 bits per heavy atom. The molecule has 0 aliphatic heterocycles. The zero-order chi connectivity index (χ0) is 11.5. The van der Waals surface area contributed by atoms with E-state index >= 15 is 0 Å². The Morgan fingerprint density at radius 3 is 2.53 bits per heavy atom. The molecule has 1 aliphatic carbocycles. The van der Waals surface area contributed by atoms with Gasteiger partial charge in [0.2, 0.25) is 5.91 Å². The van der Waals surface area contributed by atoms with Crippen LogP contribution in [-0.4, -0.2) is 34.2 Å². The fourth-order valence-corrected chi connectivity index (χ4v) is 2.12. The summed E-state index contributed by atoms with van der Waals surface area (Å²) in [6, 6.07) is 0. The van der Waals surface area contributed by atoms with E-state index in [4.69, 9.17) is 5.11 Å². The third-order valence-corrected chi connectivity index (χ3v) is 3.71. The molecule has 1 rings (SSSR count). The van der Waals surface area contributed by atoms with Gasteiger partial charge in [0.15, 0.2) is 0 Å². The molecule has 88 valence electrons. The summed E-state index contributed by atoms with van der Waals surface area (Å²) in [7, 11) is 0. The van der Waals surface area contributed by atoms with Gasteiger partial charge >= 0.3 is 0 Å². The molecular formula is C11H21NO2S. The number of nitrogens with one attached hydrogen (secondary N) is 1. The van der Waals surface area contributed by atoms with Gasteiger partial charge in [0, 0.05) is 11.3 Å². The predicted molar refractivity (Wildman–Crippen MR) is 64.0 cm³/mol. The number of carbonyl (C=O) groups excluding carboxylic acids is 1. The van der Waals surface area contributed by atoms with Crippen molar-refractivity contribution in [2.75, 3.05) is 12.3 Å². The first-order valence-corrected chi connectivity index (χ1v) is 6.44. The minimum Gasteiger partial charge on any atom is -0.393 e. The van der Waals surface area contributed by atoms with E-state index in [0.29, 0.717) is 11.7 Å². The summed E-state index contributed by atoms with van der Waals surface area (Å²) < 4.78 is 0.143. The summed E-state index contributed by atoms with van der Waals surface area (Å²) in [5.41, 5.74) is 0. The summed E-state index contributed by atoms with van der Waals surface area (Å²) in [5, 5.41) is 12.0. The summed E-state index contributed by atoms with van der Waals surface area (Å²) in [6.07, 6.45) is 1.55. The lowest BCUT2D eigenvalue weighted by atomic mass is 9.82. The fourth-order valence-electron chi connectivity index (χ4n) is 1.46. The van der Waals surface area contributed by atoms with Gasteiger partial charge in [-0.05, 0) is 18.8 Å². The maximum absolute atomic E-state index is 11.4. The normalized spacial score (nSPS) is 25.9. The molecule has 1 saturated carbocycles. The van der Waals surface area contributed by atoms with E-state index < -0.39 is 0 Å². The highest BCUT2D eigenvalue weighted by atomic mass is 32.2. The van der Waals surface area contributed by atoms with Crippen LogP contribution in [0.4, 0.5) is 0 Å². The summed E-state index contributed by atoms with van der Waals surface area (Å²) in [5.74, 6) is 1.12. The number of aliphatic hydroxyl groups excluding tert-OH is 1. The van der Waals surface area contributed by atoms with E-state index in [9.17, 15) is 4.79 Å². The van der Waals surface area contributed by atoms with Gasteiger partial charge in [0.1, 0.15) is 0 Å². The highest BCUT2D eigenvalue weighted by molar-refractivity contribution is 8.01. The van der Waals surface area contributed by atoms with Crippen molar-refractivity contribution in [2.24, 2.45) is 5.92 Å². The number of amides is 1. The molecule has 0 aromatic carbocycles. The molecule has 4 heteroatoms. The topological polar surface area (TPSA) is 49.3 Å². The van der Waals surface area contributed by atoms with Crippen LogP contribution in [0.25, 0.3) is 0 Å². The Labute approximate surface area is 96.0 Å². The molecule has 1 amide bonds. The van der Waals surface area contributed by atoms with Crippen LogP contribution < -0.4 is 5.32 Å². The third-order valence-electron chi connectivity index (χ3n) is 2.44. The highest BCUT2D eigenvalue weighted by Gasteiger charge is 2.27. The fraction of sp³-hybridized carbons (Fsp3) is 0.909. The highest BCUT2D eigenvalue weighted by Crippen LogP contribution is 2.26. The summed E-state index contributed by atoms with van der Waals surface area (Å²) >= 11 is 1.66. The average Bonchev–Trinajstić information content (AvgIpc) is 2.06. The van der Waals surface area contributed by atoms with Gasteiger partial charge in [0.05, 0.1) is 11.9 Å². The Kier molecular flexibility index (Phi) is 4.46. The molecule has 3 nitrogen and oxygen atoms in total. The van der Waals surface area contributed by atoms with Crippen LogP contribution in [-0.2, 0) is 4.79 Å². The zero-order valence-electron chi connectivity index (χ0n) is 9.75. The maximum Gasteiger partial charge on any atom is 0.230 e. The molecule has 0 radical (unpaired) electrons. The van der Waals surface area contributed by atoms with Crippen molar-refractivity contribution in [3.05, 3.63) is 0 Å². The van der Waals surface area contributed by atoms with Gasteiger partial charge < -0.3 is 10.4 Å². The lowest BCUT2D eigenvalue weighted by Crippen LogP contribution is -2.39. The number of rotatable bonds is 4. The first-order valence-electron chi connectivity index (χ1n) is 5.45. The molecule has 1 aliphatic rings. The van der Waals surface area contributed by atoms with Crippen molar-refractivity contribution < 1.29 is 9.90 Å². The van der Waals surface area contributed by atoms with Crippen molar-refractivity contribution in [1.82, 2.24) is 5.32 Å². The Balaban J connectivity index is 2.04. The van der Waals surface area contributed by atoms with Crippen molar-refractivity contribution >= 4 is 17.7 Å². The van der Waals surface area contributed by atoms with E-state index in [1.54, 1.807) is 11.8 Å². The molecule has 15 heavy (non-hydrogen) atoms. The van der Waals surface area contributed by atoms with Crippen molar-refractivity contribution in [2.45, 2.75) is 44.5 Å². The summed E-state index contributed by atoms with van der Waals surface area (Å²) in [4.78, 5) is 11.4. The van der Waals surface area contributed by atoms with Crippen molar-refractivity contribution in [3.8, 4) is 0 Å². The third kappa shape index (κ3) is 5.42. The first-order chi connectivity index (χ1) is 6.87. The average molecular weight is 231 g/mol. The first kappa shape index (κ1) is 12.8. The SMILES string of the molecule is CC(C)(C)SCC(=O)NCC1CC(O)C1. The van der Waals surface area contributed by atoms with E-state index in [0.717, 1.165) is 19.4 Å². The van der Waals surface area contributed by atoms with Gasteiger partial charge in [0.25, 0.3) is 0 Å². The zero-order valence-corrected chi connectivity index (χ0v) is 10.6. The van der Waals surface area contributed by atoms with Crippen LogP contribution >= 0.6 is 11.8 Å². The number of aliphatic hydroxyl groups is 1. The number of hydrogen-bond donors (Lipinski definition) is 2. The number of thioether (sulfide) groups is 1. The quantitative estimate of drug-likeness (QED) is 0.769.